The highest BCUT2D eigenvalue weighted by Gasteiger charge is 2.20. The number of aliphatic hydroxyl groups excluding tert-OH is 1. The van der Waals surface area contributed by atoms with Gasteiger partial charge in [-0.2, -0.15) is 5.48 Å². The van der Waals surface area contributed by atoms with Crippen LogP contribution in [0.25, 0.3) is 0 Å². The molecule has 2 N–H and O–H groups in total. The first-order valence-electron chi connectivity index (χ1n) is 4.88. The molecule has 0 radical (unpaired) electrons. The van der Waals surface area contributed by atoms with E-state index in [0.717, 1.165) is 0 Å². The predicted octanol–water partition coefficient (Wildman–Crippen LogP) is 1.13. The van der Waals surface area contributed by atoms with E-state index >= 15 is 0 Å². The van der Waals surface area contributed by atoms with Gasteiger partial charge in [0.1, 0.15) is 11.7 Å². The van der Waals surface area contributed by atoms with Crippen LogP contribution in [0.1, 0.15) is 27.2 Å². The van der Waals surface area contributed by atoms with Gasteiger partial charge < -0.3 is 9.84 Å². The molecule has 1 aliphatic rings. The number of aliphatic hydroxyl groups is 1. The summed E-state index contributed by atoms with van der Waals surface area (Å²) in [6, 6.07) is 0. The molecule has 0 fully saturated rings. The minimum Gasteiger partial charge on any atom is -0.442 e. The van der Waals surface area contributed by atoms with E-state index in [-0.39, 0.29) is 6.10 Å². The van der Waals surface area contributed by atoms with Crippen LogP contribution < -0.4 is 5.48 Å². The average molecular weight is 215 g/mol. The number of rotatable bonds is 2. The van der Waals surface area contributed by atoms with E-state index in [9.17, 15) is 4.79 Å². The van der Waals surface area contributed by atoms with Crippen molar-refractivity contribution in [2.24, 2.45) is 0 Å². The van der Waals surface area contributed by atoms with Crippen LogP contribution in [-0.4, -0.2) is 29.0 Å². The zero-order valence-corrected chi connectivity index (χ0v) is 9.19. The SMILES string of the molecule is CC(C)(C)OC(=O)NO[C@@H]1C=C[C@@H](O)C1. The molecule has 0 aromatic rings. The summed E-state index contributed by atoms with van der Waals surface area (Å²) < 4.78 is 4.96. The van der Waals surface area contributed by atoms with E-state index in [4.69, 9.17) is 14.7 Å². The van der Waals surface area contributed by atoms with E-state index in [1.54, 1.807) is 32.9 Å². The van der Waals surface area contributed by atoms with Crippen LogP contribution >= 0.6 is 0 Å². The van der Waals surface area contributed by atoms with E-state index < -0.39 is 17.8 Å². The van der Waals surface area contributed by atoms with E-state index in [1.807, 2.05) is 0 Å². The van der Waals surface area contributed by atoms with E-state index in [0.29, 0.717) is 6.42 Å². The third-order valence-electron chi connectivity index (χ3n) is 1.71. The number of amides is 1. The van der Waals surface area contributed by atoms with Gasteiger partial charge in [0.15, 0.2) is 0 Å². The first-order valence-corrected chi connectivity index (χ1v) is 4.88. The van der Waals surface area contributed by atoms with Crippen LogP contribution in [0, 0.1) is 0 Å². The summed E-state index contributed by atoms with van der Waals surface area (Å²) in [6.45, 7) is 5.31. The molecule has 86 valence electrons. The van der Waals surface area contributed by atoms with Crippen molar-refractivity contribution in [1.29, 1.82) is 0 Å². The summed E-state index contributed by atoms with van der Waals surface area (Å²) in [7, 11) is 0. The Bertz CT molecular complexity index is 257. The molecular weight excluding hydrogens is 198 g/mol. The molecule has 0 spiro atoms. The van der Waals surface area contributed by atoms with Crippen LogP contribution in [-0.2, 0) is 9.57 Å². The Morgan fingerprint density at radius 3 is 2.60 bits per heavy atom. The number of hydrogen-bond acceptors (Lipinski definition) is 4. The van der Waals surface area contributed by atoms with Crippen molar-refractivity contribution in [2.45, 2.75) is 45.0 Å². The van der Waals surface area contributed by atoms with Gasteiger partial charge in [0, 0.05) is 6.42 Å². The Hall–Kier alpha value is -1.07. The molecule has 1 amide bonds. The molecule has 1 rings (SSSR count). The Labute approximate surface area is 89.0 Å². The highest BCUT2D eigenvalue weighted by molar-refractivity contribution is 5.66. The zero-order chi connectivity index (χ0) is 11.5. The van der Waals surface area contributed by atoms with Crippen LogP contribution in [0.4, 0.5) is 4.79 Å². The summed E-state index contributed by atoms with van der Waals surface area (Å²) in [4.78, 5) is 16.2. The number of carbonyl (C=O) groups excluding carboxylic acids is 1. The van der Waals surface area contributed by atoms with Crippen molar-refractivity contribution < 1.29 is 19.5 Å². The van der Waals surface area contributed by atoms with Gasteiger partial charge in [-0.1, -0.05) is 12.2 Å². The second-order valence-corrected chi connectivity index (χ2v) is 4.45. The molecule has 0 saturated heterocycles. The minimum atomic E-state index is -0.628. The van der Waals surface area contributed by atoms with Crippen molar-refractivity contribution in [1.82, 2.24) is 5.48 Å². The smallest absolute Gasteiger partial charge is 0.431 e. The molecule has 0 aliphatic heterocycles. The quantitative estimate of drug-likeness (QED) is 0.535. The van der Waals surface area contributed by atoms with Crippen molar-refractivity contribution in [3.8, 4) is 0 Å². The topological polar surface area (TPSA) is 67.8 Å². The Kier molecular flexibility index (Phi) is 3.71. The lowest BCUT2D eigenvalue weighted by atomic mass is 10.2. The molecule has 0 aromatic heterocycles. The molecule has 1 aliphatic carbocycles. The third-order valence-corrected chi connectivity index (χ3v) is 1.71. The maximum atomic E-state index is 11.2. The lowest BCUT2D eigenvalue weighted by Crippen LogP contribution is -2.34. The fourth-order valence-electron chi connectivity index (χ4n) is 1.16. The number of ether oxygens (including phenoxy) is 1. The van der Waals surface area contributed by atoms with Gasteiger partial charge in [-0.15, -0.1) is 0 Å². The van der Waals surface area contributed by atoms with Crippen molar-refractivity contribution in [2.75, 3.05) is 0 Å². The molecule has 0 heterocycles. The van der Waals surface area contributed by atoms with Crippen molar-refractivity contribution >= 4 is 6.09 Å². The summed E-state index contributed by atoms with van der Waals surface area (Å²) in [6.07, 6.45) is 2.37. The number of nitrogens with one attached hydrogen (secondary N) is 1. The Morgan fingerprint density at radius 1 is 1.47 bits per heavy atom. The van der Waals surface area contributed by atoms with Crippen molar-refractivity contribution in [3.63, 3.8) is 0 Å². The second kappa shape index (κ2) is 4.63. The fourth-order valence-corrected chi connectivity index (χ4v) is 1.16. The van der Waals surface area contributed by atoms with Gasteiger partial charge >= 0.3 is 6.09 Å². The van der Waals surface area contributed by atoms with Crippen LogP contribution in [0.3, 0.4) is 0 Å². The van der Waals surface area contributed by atoms with Crippen molar-refractivity contribution in [3.05, 3.63) is 12.2 Å². The number of hydrogen-bond donors (Lipinski definition) is 2. The van der Waals surface area contributed by atoms with Gasteiger partial charge in [-0.05, 0) is 20.8 Å². The lowest BCUT2D eigenvalue weighted by Gasteiger charge is -2.20. The van der Waals surface area contributed by atoms with Gasteiger partial charge in [-0.25, -0.2) is 4.79 Å². The van der Waals surface area contributed by atoms with Gasteiger partial charge in [0.25, 0.3) is 0 Å². The van der Waals surface area contributed by atoms with Gasteiger partial charge in [-0.3, -0.25) is 4.84 Å². The normalized spacial score (nSPS) is 25.3. The number of hydroxylamine groups is 1. The summed E-state index contributed by atoms with van der Waals surface area (Å²) >= 11 is 0. The summed E-state index contributed by atoms with van der Waals surface area (Å²) in [5.74, 6) is 0. The van der Waals surface area contributed by atoms with E-state index in [2.05, 4.69) is 5.48 Å². The zero-order valence-electron chi connectivity index (χ0n) is 9.19. The largest absolute Gasteiger partial charge is 0.442 e. The molecular formula is C10H17NO4. The average Bonchev–Trinajstić information content (AvgIpc) is 2.45. The maximum Gasteiger partial charge on any atom is 0.431 e. The predicted molar refractivity (Wildman–Crippen MR) is 54.0 cm³/mol. The molecule has 5 nitrogen and oxygen atoms in total. The molecule has 15 heavy (non-hydrogen) atoms. The van der Waals surface area contributed by atoms with E-state index in [1.165, 1.54) is 0 Å². The molecule has 2 atom stereocenters. The molecule has 0 unspecified atom stereocenters. The molecule has 0 saturated carbocycles. The Morgan fingerprint density at radius 2 is 2.13 bits per heavy atom. The highest BCUT2D eigenvalue weighted by atomic mass is 16.7. The first kappa shape index (κ1) is 12.0. The standard InChI is InChI=1S/C10H17NO4/c1-10(2,3)14-9(13)11-15-8-5-4-7(12)6-8/h4-5,7-8,12H,6H2,1-3H3,(H,11,13)/t7-,8-/m1/s1. The molecule has 0 aromatic carbocycles. The second-order valence-electron chi connectivity index (χ2n) is 4.45. The fraction of sp³-hybridized carbons (Fsp3) is 0.700. The third kappa shape index (κ3) is 4.80. The summed E-state index contributed by atoms with van der Waals surface area (Å²) in [5, 5.41) is 9.14. The molecule has 5 heteroatoms. The molecule has 0 bridgehead atoms. The minimum absolute atomic E-state index is 0.285. The highest BCUT2D eigenvalue weighted by Crippen LogP contribution is 2.13. The first-order chi connectivity index (χ1) is 6.87. The maximum absolute atomic E-state index is 11.2. The lowest BCUT2D eigenvalue weighted by molar-refractivity contribution is -0.0324. The number of carbonyl (C=O) groups is 1. The monoisotopic (exact) mass is 215 g/mol. The Balaban J connectivity index is 2.20. The summed E-state index contributed by atoms with van der Waals surface area (Å²) in [5.41, 5.74) is 1.63. The van der Waals surface area contributed by atoms with Crippen LogP contribution in [0.15, 0.2) is 12.2 Å². The van der Waals surface area contributed by atoms with Crippen LogP contribution in [0.2, 0.25) is 0 Å². The van der Waals surface area contributed by atoms with Gasteiger partial charge in [0.05, 0.1) is 6.10 Å². The van der Waals surface area contributed by atoms with Gasteiger partial charge in [0.2, 0.25) is 0 Å². The van der Waals surface area contributed by atoms with Crippen LogP contribution in [0.5, 0.6) is 0 Å².